The van der Waals surface area contributed by atoms with E-state index in [0.717, 1.165) is 4.88 Å². The van der Waals surface area contributed by atoms with E-state index in [0.29, 0.717) is 18.0 Å². The van der Waals surface area contributed by atoms with Crippen LogP contribution in [0.2, 0.25) is 0 Å². The first-order valence-electron chi connectivity index (χ1n) is 5.22. The monoisotopic (exact) mass is 262 g/mol. The fourth-order valence-electron chi connectivity index (χ4n) is 1.55. The van der Waals surface area contributed by atoms with Crippen molar-refractivity contribution in [2.45, 2.75) is 38.3 Å². The van der Waals surface area contributed by atoms with Gasteiger partial charge in [-0.05, 0) is 19.9 Å². The molecule has 0 saturated heterocycles. The lowest BCUT2D eigenvalue weighted by Crippen LogP contribution is -2.36. The second-order valence-corrected chi connectivity index (χ2v) is 6.64. The molecule has 1 rings (SSSR count). The maximum atomic E-state index is 12.2. The van der Waals surface area contributed by atoms with Gasteiger partial charge in [-0.3, -0.25) is 0 Å². The molecular weight excluding hydrogens is 244 g/mol. The largest absolute Gasteiger partial charge is 0.326 e. The predicted octanol–water partition coefficient (Wildman–Crippen LogP) is 1.63. The molecule has 92 valence electrons. The predicted molar refractivity (Wildman–Crippen MR) is 66.9 cm³/mol. The molecule has 0 aliphatic rings. The standard InChI is InChI=1S/C10H18N2O2S2/c1-4-12(8(2)3)16(13,14)10-5-9(6-11)15-7-10/h5,7-8H,4,6,11H2,1-3H3. The van der Waals surface area contributed by atoms with Gasteiger partial charge >= 0.3 is 0 Å². The van der Waals surface area contributed by atoms with Crippen molar-refractivity contribution in [2.75, 3.05) is 6.54 Å². The average Bonchev–Trinajstić information content (AvgIpc) is 2.66. The first-order valence-corrected chi connectivity index (χ1v) is 7.54. The van der Waals surface area contributed by atoms with Gasteiger partial charge in [0.25, 0.3) is 0 Å². The highest BCUT2D eigenvalue weighted by Crippen LogP contribution is 2.23. The fraction of sp³-hybridized carbons (Fsp3) is 0.600. The molecule has 0 atom stereocenters. The lowest BCUT2D eigenvalue weighted by atomic mass is 10.4. The Morgan fingerprint density at radius 3 is 2.50 bits per heavy atom. The van der Waals surface area contributed by atoms with Crippen molar-refractivity contribution in [1.82, 2.24) is 4.31 Å². The van der Waals surface area contributed by atoms with Crippen LogP contribution in [0.3, 0.4) is 0 Å². The van der Waals surface area contributed by atoms with Crippen molar-refractivity contribution < 1.29 is 8.42 Å². The lowest BCUT2D eigenvalue weighted by Gasteiger charge is -2.23. The maximum absolute atomic E-state index is 12.2. The molecule has 6 heteroatoms. The van der Waals surface area contributed by atoms with Crippen LogP contribution in [0.25, 0.3) is 0 Å². The zero-order valence-corrected chi connectivity index (χ0v) is 11.4. The molecule has 1 heterocycles. The molecule has 0 aliphatic carbocycles. The van der Waals surface area contributed by atoms with E-state index < -0.39 is 10.0 Å². The van der Waals surface area contributed by atoms with Gasteiger partial charge in [-0.15, -0.1) is 11.3 Å². The number of nitrogens with two attached hydrogens (primary N) is 1. The van der Waals surface area contributed by atoms with Gasteiger partial charge < -0.3 is 5.73 Å². The van der Waals surface area contributed by atoms with Gasteiger partial charge in [-0.25, -0.2) is 8.42 Å². The number of hydrogen-bond acceptors (Lipinski definition) is 4. The van der Waals surface area contributed by atoms with E-state index in [9.17, 15) is 8.42 Å². The van der Waals surface area contributed by atoms with Crippen molar-refractivity contribution >= 4 is 21.4 Å². The summed E-state index contributed by atoms with van der Waals surface area (Å²) < 4.78 is 25.9. The molecule has 0 radical (unpaired) electrons. The number of sulfonamides is 1. The van der Waals surface area contributed by atoms with Crippen LogP contribution in [0.1, 0.15) is 25.6 Å². The summed E-state index contributed by atoms with van der Waals surface area (Å²) >= 11 is 1.39. The molecule has 0 saturated carbocycles. The SMILES string of the molecule is CCN(C(C)C)S(=O)(=O)c1csc(CN)c1. The van der Waals surface area contributed by atoms with Crippen LogP contribution in [0, 0.1) is 0 Å². The molecule has 0 fully saturated rings. The second-order valence-electron chi connectivity index (χ2n) is 3.75. The highest BCUT2D eigenvalue weighted by atomic mass is 32.2. The Kier molecular flexibility index (Phi) is 4.49. The maximum Gasteiger partial charge on any atom is 0.244 e. The molecule has 0 unspecified atom stereocenters. The molecule has 4 nitrogen and oxygen atoms in total. The van der Waals surface area contributed by atoms with Gasteiger partial charge in [0.15, 0.2) is 0 Å². The summed E-state index contributed by atoms with van der Waals surface area (Å²) in [4.78, 5) is 1.24. The minimum absolute atomic E-state index is 0.0313. The third-order valence-corrected chi connectivity index (χ3v) is 5.56. The van der Waals surface area contributed by atoms with E-state index in [4.69, 9.17) is 5.73 Å². The van der Waals surface area contributed by atoms with Crippen LogP contribution >= 0.6 is 11.3 Å². The number of nitrogens with zero attached hydrogens (tertiary/aromatic N) is 1. The lowest BCUT2D eigenvalue weighted by molar-refractivity contribution is 0.369. The molecule has 0 aliphatic heterocycles. The summed E-state index contributed by atoms with van der Waals surface area (Å²) in [5, 5.41) is 1.66. The molecule has 1 aromatic rings. The Morgan fingerprint density at radius 2 is 2.12 bits per heavy atom. The Balaban J connectivity index is 3.09. The van der Waals surface area contributed by atoms with E-state index in [-0.39, 0.29) is 6.04 Å². The molecular formula is C10H18N2O2S2. The van der Waals surface area contributed by atoms with Gasteiger partial charge in [0.05, 0.1) is 4.90 Å². The van der Waals surface area contributed by atoms with Crippen molar-refractivity contribution in [1.29, 1.82) is 0 Å². The normalized spacial score (nSPS) is 12.6. The van der Waals surface area contributed by atoms with Gasteiger partial charge in [-0.2, -0.15) is 4.31 Å². The summed E-state index contributed by atoms with van der Waals surface area (Å²) in [5.41, 5.74) is 5.48. The fourth-order valence-corrected chi connectivity index (χ4v) is 4.34. The summed E-state index contributed by atoms with van der Waals surface area (Å²) in [6.45, 7) is 6.45. The van der Waals surface area contributed by atoms with Crippen LogP contribution in [-0.2, 0) is 16.6 Å². The minimum atomic E-state index is -3.35. The van der Waals surface area contributed by atoms with E-state index in [1.807, 2.05) is 20.8 Å². The first-order chi connectivity index (χ1) is 7.43. The molecule has 16 heavy (non-hydrogen) atoms. The van der Waals surface area contributed by atoms with E-state index in [1.165, 1.54) is 15.6 Å². The van der Waals surface area contributed by atoms with Crippen molar-refractivity contribution in [3.05, 3.63) is 16.3 Å². The van der Waals surface area contributed by atoms with Gasteiger partial charge in [0.1, 0.15) is 0 Å². The van der Waals surface area contributed by atoms with Gasteiger partial charge in [0.2, 0.25) is 10.0 Å². The second kappa shape index (κ2) is 5.27. The van der Waals surface area contributed by atoms with Crippen LogP contribution in [0.15, 0.2) is 16.3 Å². The summed E-state index contributed by atoms with van der Waals surface area (Å²) in [5.74, 6) is 0. The number of rotatable bonds is 5. The van der Waals surface area contributed by atoms with Crippen LogP contribution in [0.5, 0.6) is 0 Å². The van der Waals surface area contributed by atoms with Gasteiger partial charge in [-0.1, -0.05) is 6.92 Å². The third kappa shape index (κ3) is 2.63. The Bertz CT molecular complexity index is 437. The first kappa shape index (κ1) is 13.6. The molecule has 0 spiro atoms. The van der Waals surface area contributed by atoms with Gasteiger partial charge in [0, 0.05) is 29.4 Å². The summed E-state index contributed by atoms with van der Waals surface area (Å²) in [6, 6.07) is 1.63. The average molecular weight is 262 g/mol. The van der Waals surface area contributed by atoms with Crippen molar-refractivity contribution in [3.63, 3.8) is 0 Å². The van der Waals surface area contributed by atoms with Crippen molar-refractivity contribution in [3.8, 4) is 0 Å². The Hall–Kier alpha value is -0.430. The summed E-state index contributed by atoms with van der Waals surface area (Å²) in [7, 11) is -3.35. The molecule has 0 bridgehead atoms. The number of thiophene rings is 1. The van der Waals surface area contributed by atoms with E-state index >= 15 is 0 Å². The number of hydrogen-bond donors (Lipinski definition) is 1. The smallest absolute Gasteiger partial charge is 0.244 e. The zero-order valence-electron chi connectivity index (χ0n) is 9.80. The topological polar surface area (TPSA) is 63.4 Å². The van der Waals surface area contributed by atoms with Crippen molar-refractivity contribution in [2.24, 2.45) is 5.73 Å². The minimum Gasteiger partial charge on any atom is -0.326 e. The molecule has 2 N–H and O–H groups in total. The Labute approximate surface area is 101 Å². The third-order valence-electron chi connectivity index (χ3n) is 2.33. The highest BCUT2D eigenvalue weighted by Gasteiger charge is 2.26. The Morgan fingerprint density at radius 1 is 1.50 bits per heavy atom. The van der Waals surface area contributed by atoms with Crippen LogP contribution in [0.4, 0.5) is 0 Å². The van der Waals surface area contributed by atoms with E-state index in [1.54, 1.807) is 11.4 Å². The molecule has 0 aromatic carbocycles. The van der Waals surface area contributed by atoms with Crippen LogP contribution in [-0.4, -0.2) is 25.3 Å². The zero-order chi connectivity index (χ0) is 12.3. The highest BCUT2D eigenvalue weighted by molar-refractivity contribution is 7.89. The molecule has 1 aromatic heterocycles. The van der Waals surface area contributed by atoms with Crippen LogP contribution < -0.4 is 5.73 Å². The quantitative estimate of drug-likeness (QED) is 0.877. The summed E-state index contributed by atoms with van der Waals surface area (Å²) in [6.07, 6.45) is 0. The van der Waals surface area contributed by atoms with E-state index in [2.05, 4.69) is 0 Å². The molecule has 0 amide bonds.